The van der Waals surface area contributed by atoms with E-state index in [9.17, 15) is 4.79 Å². The molecule has 6 nitrogen and oxygen atoms in total. The number of carbonyl (C=O) groups is 1. The molecule has 4 rings (SSSR count). The molecule has 6 heteroatoms. The molecule has 150 valence electrons. The van der Waals surface area contributed by atoms with Crippen LogP contribution in [0, 0.1) is 5.92 Å². The maximum atomic E-state index is 12.6. The highest BCUT2D eigenvalue weighted by Gasteiger charge is 2.33. The van der Waals surface area contributed by atoms with Crippen LogP contribution in [-0.4, -0.2) is 47.8 Å². The van der Waals surface area contributed by atoms with Crippen LogP contribution >= 0.6 is 0 Å². The maximum Gasteiger partial charge on any atom is 0.225 e. The minimum Gasteiger partial charge on any atom is -0.497 e. The summed E-state index contributed by atoms with van der Waals surface area (Å²) in [6.07, 6.45) is 6.31. The standard InChI is InChI=1S/C22H29N3O3/c1-27-19-7-4-8-20(14-19)28-12-10-18-13-21(24-23-18)17-9-11-25(15-17)22(26)16-5-2-3-6-16/h4,7-8,13-14,16-17H,2-3,5-6,9-12,15H2,1H3,(H,23,24)/t17-/m1/s1. The number of nitrogens with zero attached hydrogens (tertiary/aromatic N) is 2. The number of aromatic amines is 1. The van der Waals surface area contributed by atoms with Crippen molar-refractivity contribution < 1.29 is 14.3 Å². The van der Waals surface area contributed by atoms with Crippen LogP contribution in [0.5, 0.6) is 11.5 Å². The first-order valence-electron chi connectivity index (χ1n) is 10.3. The molecule has 1 aliphatic heterocycles. The lowest BCUT2D eigenvalue weighted by Crippen LogP contribution is -2.33. The topological polar surface area (TPSA) is 67.5 Å². The number of nitrogens with one attached hydrogen (secondary N) is 1. The molecule has 1 N–H and O–H groups in total. The molecule has 0 radical (unpaired) electrons. The van der Waals surface area contributed by atoms with Gasteiger partial charge in [0.05, 0.1) is 19.4 Å². The van der Waals surface area contributed by atoms with E-state index in [2.05, 4.69) is 21.2 Å². The summed E-state index contributed by atoms with van der Waals surface area (Å²) in [5.41, 5.74) is 2.14. The molecule has 2 aromatic rings. The summed E-state index contributed by atoms with van der Waals surface area (Å²) in [5.74, 6) is 2.56. The van der Waals surface area contributed by atoms with Gasteiger partial charge in [0.15, 0.2) is 0 Å². The number of ether oxygens (including phenoxy) is 2. The van der Waals surface area contributed by atoms with Gasteiger partial charge in [-0.25, -0.2) is 0 Å². The number of amides is 1. The van der Waals surface area contributed by atoms with Gasteiger partial charge in [0.1, 0.15) is 11.5 Å². The monoisotopic (exact) mass is 383 g/mol. The Morgan fingerprint density at radius 3 is 2.86 bits per heavy atom. The molecule has 1 atom stereocenters. The number of hydrogen-bond acceptors (Lipinski definition) is 4. The Morgan fingerprint density at radius 2 is 2.04 bits per heavy atom. The van der Waals surface area contributed by atoms with Gasteiger partial charge < -0.3 is 14.4 Å². The summed E-state index contributed by atoms with van der Waals surface area (Å²) in [4.78, 5) is 14.7. The Hall–Kier alpha value is -2.50. The first kappa shape index (κ1) is 18.8. The number of benzene rings is 1. The molecule has 2 fully saturated rings. The second kappa shape index (κ2) is 8.67. The molecule has 0 bridgehead atoms. The van der Waals surface area contributed by atoms with Gasteiger partial charge in [-0.1, -0.05) is 18.9 Å². The fraction of sp³-hybridized carbons (Fsp3) is 0.545. The summed E-state index contributed by atoms with van der Waals surface area (Å²) in [7, 11) is 1.65. The van der Waals surface area contributed by atoms with Gasteiger partial charge >= 0.3 is 0 Å². The quantitative estimate of drug-likeness (QED) is 0.794. The number of hydrogen-bond donors (Lipinski definition) is 1. The van der Waals surface area contributed by atoms with Crippen LogP contribution in [0.15, 0.2) is 30.3 Å². The van der Waals surface area contributed by atoms with E-state index >= 15 is 0 Å². The fourth-order valence-electron chi connectivity index (χ4n) is 4.32. The van der Waals surface area contributed by atoms with Gasteiger partial charge in [-0.3, -0.25) is 9.89 Å². The predicted molar refractivity (Wildman–Crippen MR) is 107 cm³/mol. The first-order chi connectivity index (χ1) is 13.7. The zero-order chi connectivity index (χ0) is 19.3. The normalized spacial score (nSPS) is 19.9. The molecule has 1 aromatic heterocycles. The van der Waals surface area contributed by atoms with Crippen molar-refractivity contribution in [1.29, 1.82) is 0 Å². The largest absolute Gasteiger partial charge is 0.497 e. The van der Waals surface area contributed by atoms with E-state index in [4.69, 9.17) is 9.47 Å². The van der Waals surface area contributed by atoms with Crippen LogP contribution in [0.1, 0.15) is 49.4 Å². The predicted octanol–water partition coefficient (Wildman–Crippen LogP) is 3.55. The number of likely N-dealkylation sites (tertiary alicyclic amines) is 1. The second-order valence-corrected chi connectivity index (χ2v) is 7.85. The first-order valence-corrected chi connectivity index (χ1v) is 10.3. The van der Waals surface area contributed by atoms with Gasteiger partial charge in [0.25, 0.3) is 0 Å². The Labute approximate surface area is 166 Å². The third kappa shape index (κ3) is 4.32. The Morgan fingerprint density at radius 1 is 1.21 bits per heavy atom. The summed E-state index contributed by atoms with van der Waals surface area (Å²) >= 11 is 0. The highest BCUT2D eigenvalue weighted by atomic mass is 16.5. The summed E-state index contributed by atoms with van der Waals surface area (Å²) in [5, 5.41) is 7.64. The molecule has 28 heavy (non-hydrogen) atoms. The average Bonchev–Trinajstić information content (AvgIpc) is 3.48. The maximum absolute atomic E-state index is 12.6. The van der Waals surface area contributed by atoms with E-state index in [1.807, 2.05) is 24.3 Å². The lowest BCUT2D eigenvalue weighted by Gasteiger charge is -2.20. The molecule has 1 saturated heterocycles. The van der Waals surface area contributed by atoms with Crippen LogP contribution in [0.4, 0.5) is 0 Å². The van der Waals surface area contributed by atoms with E-state index in [0.717, 1.165) is 61.7 Å². The zero-order valence-electron chi connectivity index (χ0n) is 16.5. The molecule has 2 aliphatic rings. The highest BCUT2D eigenvalue weighted by Crippen LogP contribution is 2.31. The van der Waals surface area contributed by atoms with Crippen molar-refractivity contribution in [2.24, 2.45) is 5.92 Å². The molecule has 1 amide bonds. The van der Waals surface area contributed by atoms with Crippen LogP contribution in [0.25, 0.3) is 0 Å². The van der Waals surface area contributed by atoms with Crippen molar-refractivity contribution in [3.8, 4) is 11.5 Å². The minimum atomic E-state index is 0.266. The van der Waals surface area contributed by atoms with Gasteiger partial charge in [0.2, 0.25) is 5.91 Å². The number of H-pyrrole nitrogens is 1. The molecule has 0 spiro atoms. The van der Waals surface area contributed by atoms with Crippen molar-refractivity contribution in [2.75, 3.05) is 26.8 Å². The number of methoxy groups -OCH3 is 1. The molecule has 0 unspecified atom stereocenters. The minimum absolute atomic E-state index is 0.266. The van der Waals surface area contributed by atoms with Crippen molar-refractivity contribution >= 4 is 5.91 Å². The van der Waals surface area contributed by atoms with Crippen LogP contribution < -0.4 is 9.47 Å². The van der Waals surface area contributed by atoms with Gasteiger partial charge in [-0.05, 0) is 37.5 Å². The molecule has 1 saturated carbocycles. The summed E-state index contributed by atoms with van der Waals surface area (Å²) in [6.45, 7) is 2.24. The van der Waals surface area contributed by atoms with Crippen LogP contribution in [0.3, 0.4) is 0 Å². The fourth-order valence-corrected chi connectivity index (χ4v) is 4.32. The molecule has 1 aliphatic carbocycles. The summed E-state index contributed by atoms with van der Waals surface area (Å²) < 4.78 is 11.0. The average molecular weight is 383 g/mol. The number of aromatic nitrogens is 2. The Balaban J connectivity index is 1.26. The third-order valence-electron chi connectivity index (χ3n) is 5.95. The van der Waals surface area contributed by atoms with E-state index in [1.165, 1.54) is 12.8 Å². The van der Waals surface area contributed by atoms with Crippen LogP contribution in [0.2, 0.25) is 0 Å². The Kier molecular flexibility index (Phi) is 5.84. The number of rotatable bonds is 7. The van der Waals surface area contributed by atoms with E-state index in [0.29, 0.717) is 18.4 Å². The Bertz CT molecular complexity index is 798. The smallest absolute Gasteiger partial charge is 0.225 e. The highest BCUT2D eigenvalue weighted by molar-refractivity contribution is 5.79. The molecule has 1 aromatic carbocycles. The summed E-state index contributed by atoms with van der Waals surface area (Å²) in [6, 6.07) is 9.75. The zero-order valence-corrected chi connectivity index (χ0v) is 16.5. The molecular weight excluding hydrogens is 354 g/mol. The third-order valence-corrected chi connectivity index (χ3v) is 5.95. The van der Waals surface area contributed by atoms with Crippen molar-refractivity contribution in [3.63, 3.8) is 0 Å². The SMILES string of the molecule is COc1cccc(OCCc2cc([C@@H]3CCN(C(=O)C4CCCC4)C3)n[nH]2)c1. The second-order valence-electron chi connectivity index (χ2n) is 7.85. The van der Waals surface area contributed by atoms with Crippen molar-refractivity contribution in [3.05, 3.63) is 41.7 Å². The van der Waals surface area contributed by atoms with E-state index < -0.39 is 0 Å². The van der Waals surface area contributed by atoms with Crippen molar-refractivity contribution in [2.45, 2.75) is 44.4 Å². The lowest BCUT2D eigenvalue weighted by atomic mass is 10.0. The van der Waals surface area contributed by atoms with Gasteiger partial charge in [0, 0.05) is 43.1 Å². The van der Waals surface area contributed by atoms with Gasteiger partial charge in [-0.2, -0.15) is 5.10 Å². The molecular formula is C22H29N3O3. The van der Waals surface area contributed by atoms with E-state index in [1.54, 1.807) is 7.11 Å². The molecule has 2 heterocycles. The van der Waals surface area contributed by atoms with Gasteiger partial charge in [-0.15, -0.1) is 0 Å². The van der Waals surface area contributed by atoms with Crippen LogP contribution in [-0.2, 0) is 11.2 Å². The number of carbonyl (C=O) groups excluding carboxylic acids is 1. The van der Waals surface area contributed by atoms with Crippen molar-refractivity contribution in [1.82, 2.24) is 15.1 Å². The lowest BCUT2D eigenvalue weighted by molar-refractivity contribution is -0.134. The van der Waals surface area contributed by atoms with E-state index in [-0.39, 0.29) is 5.92 Å².